The van der Waals surface area contributed by atoms with Crippen LogP contribution in [-0.2, 0) is 9.59 Å². The zero-order chi connectivity index (χ0) is 42.6. The van der Waals surface area contributed by atoms with Gasteiger partial charge in [-0.15, -0.1) is 0 Å². The van der Waals surface area contributed by atoms with Gasteiger partial charge in [-0.1, -0.05) is 62.5 Å². The van der Waals surface area contributed by atoms with Gasteiger partial charge in [-0.25, -0.2) is 9.97 Å². The van der Waals surface area contributed by atoms with Crippen LogP contribution in [-0.4, -0.2) is 37.5 Å². The molecule has 0 bridgehead atoms. The molecule has 0 fully saturated rings. The Balaban J connectivity index is 0.000000226. The summed E-state index contributed by atoms with van der Waals surface area (Å²) in [5.74, 6) is 1.16. The Kier molecular flexibility index (Phi) is 15.0. The lowest BCUT2D eigenvalue weighted by atomic mass is 10.1. The van der Waals surface area contributed by atoms with Gasteiger partial charge >= 0.3 is 0 Å². The van der Waals surface area contributed by atoms with Crippen LogP contribution >= 0.6 is 68.4 Å². The topological polar surface area (TPSA) is 119 Å². The molecule has 1 N–H and O–H groups in total. The van der Waals surface area contributed by atoms with E-state index >= 15 is 0 Å². The molecule has 0 radical (unpaired) electrons. The van der Waals surface area contributed by atoms with E-state index in [9.17, 15) is 19.2 Å². The van der Waals surface area contributed by atoms with Crippen LogP contribution in [0.1, 0.15) is 85.3 Å². The average Bonchev–Trinajstić information content (AvgIpc) is 3.16. The van der Waals surface area contributed by atoms with Crippen LogP contribution in [0, 0.1) is 7.14 Å². The second kappa shape index (κ2) is 19.3. The summed E-state index contributed by atoms with van der Waals surface area (Å²) in [6.45, 7) is 15.7. The molecule has 0 atom stereocenters. The van der Waals surface area contributed by atoms with Crippen molar-refractivity contribution in [2.75, 3.05) is 16.8 Å². The minimum atomic E-state index is -0.166. The Morgan fingerprint density at radius 1 is 0.707 bits per heavy atom. The minimum Gasteiger partial charge on any atom is -0.325 e. The molecule has 0 aliphatic heterocycles. The van der Waals surface area contributed by atoms with Crippen LogP contribution in [0.3, 0.4) is 0 Å². The summed E-state index contributed by atoms with van der Waals surface area (Å²) in [7, 11) is 0. The Morgan fingerprint density at radius 3 is 1.57 bits per heavy atom. The standard InChI is InChI=1S/C25H27ClIN3O2.C19H17ClIN3O2/c1-15(2)7-6-14-29(17(5)31)21-13-12-20-23(22(21)27)28-24(16(3)4)30(25(20)32)19-10-8-18(26)9-11-19;1-10(2)18-23-17-14(8-9-15(16(17)21)22-11(3)25)19(26)24(18)13-6-4-12(20)5-7-13/h7-13,16H,6,14H2,1-5H3;4-10H,1-3H3,(H,22,25). The minimum absolute atomic E-state index is 0.0174. The summed E-state index contributed by atoms with van der Waals surface area (Å²) in [5.41, 5.74) is 5.02. The van der Waals surface area contributed by atoms with E-state index in [4.69, 9.17) is 33.2 Å². The monoisotopic (exact) mass is 1040 g/mol. The molecular formula is C44H44Cl2I2N6O4. The van der Waals surface area contributed by atoms with E-state index in [0.717, 1.165) is 30.6 Å². The third-order valence-corrected chi connectivity index (χ3v) is 11.7. The maximum absolute atomic E-state index is 13.6. The molecule has 4 aromatic carbocycles. The highest BCUT2D eigenvalue weighted by Gasteiger charge is 2.22. The van der Waals surface area contributed by atoms with Crippen molar-refractivity contribution in [2.24, 2.45) is 0 Å². The average molecular weight is 1050 g/mol. The van der Waals surface area contributed by atoms with E-state index in [1.165, 1.54) is 12.5 Å². The molecule has 0 aliphatic rings. The Labute approximate surface area is 375 Å². The summed E-state index contributed by atoms with van der Waals surface area (Å²) in [5, 5.41) is 5.01. The number of hydrogen-bond acceptors (Lipinski definition) is 6. The van der Waals surface area contributed by atoms with Gasteiger partial charge in [-0.2, -0.15) is 0 Å². The third kappa shape index (κ3) is 10.0. The molecule has 0 unspecified atom stereocenters. The molecule has 0 spiro atoms. The highest BCUT2D eigenvalue weighted by Crippen LogP contribution is 2.31. The number of benzene rings is 4. The molecule has 302 valence electrons. The number of rotatable bonds is 9. The largest absolute Gasteiger partial charge is 0.325 e. The normalized spacial score (nSPS) is 11.1. The van der Waals surface area contributed by atoms with Crippen molar-refractivity contribution >= 4 is 113 Å². The Morgan fingerprint density at radius 2 is 1.16 bits per heavy atom. The van der Waals surface area contributed by atoms with Gasteiger partial charge in [-0.05, 0) is 138 Å². The van der Waals surface area contributed by atoms with Gasteiger partial charge in [0.15, 0.2) is 0 Å². The lowest BCUT2D eigenvalue weighted by Crippen LogP contribution is -2.31. The number of hydrogen-bond donors (Lipinski definition) is 1. The zero-order valence-electron chi connectivity index (χ0n) is 33.5. The number of nitrogens with one attached hydrogen (secondary N) is 1. The molecule has 2 aromatic heterocycles. The fourth-order valence-electron chi connectivity index (χ4n) is 6.34. The molecule has 0 saturated carbocycles. The van der Waals surface area contributed by atoms with Crippen molar-refractivity contribution in [1.29, 1.82) is 0 Å². The van der Waals surface area contributed by atoms with Crippen molar-refractivity contribution in [2.45, 2.75) is 73.6 Å². The second-order valence-corrected chi connectivity index (χ2v) is 17.6. The van der Waals surface area contributed by atoms with Gasteiger partial charge in [0.25, 0.3) is 11.1 Å². The lowest BCUT2D eigenvalue weighted by Gasteiger charge is -2.23. The molecule has 14 heteroatoms. The predicted octanol–water partition coefficient (Wildman–Crippen LogP) is 11.2. The lowest BCUT2D eigenvalue weighted by molar-refractivity contribution is -0.116. The van der Waals surface area contributed by atoms with Crippen molar-refractivity contribution in [3.63, 3.8) is 0 Å². The Bertz CT molecular complexity index is 2670. The molecule has 2 heterocycles. The summed E-state index contributed by atoms with van der Waals surface area (Å²) in [6.07, 6.45) is 2.88. The number of halogens is 4. The van der Waals surface area contributed by atoms with Crippen molar-refractivity contribution < 1.29 is 9.59 Å². The molecule has 6 aromatic rings. The zero-order valence-corrected chi connectivity index (χ0v) is 39.3. The van der Waals surface area contributed by atoms with Crippen LogP contribution < -0.4 is 21.3 Å². The first-order valence-corrected chi connectivity index (χ1v) is 21.5. The third-order valence-electron chi connectivity index (χ3n) is 9.08. The number of carbonyl (C=O) groups excluding carboxylic acids is 2. The fraction of sp³-hybridized carbons (Fsp3) is 0.273. The number of nitrogens with zero attached hydrogens (tertiary/aromatic N) is 5. The first kappa shape index (κ1) is 45.0. The molecule has 6 rings (SSSR count). The van der Waals surface area contributed by atoms with Crippen LogP contribution in [0.25, 0.3) is 33.2 Å². The number of amides is 2. The molecule has 58 heavy (non-hydrogen) atoms. The van der Waals surface area contributed by atoms with E-state index < -0.39 is 0 Å². The van der Waals surface area contributed by atoms with Crippen LogP contribution in [0.4, 0.5) is 11.4 Å². The number of aromatic nitrogens is 4. The van der Waals surface area contributed by atoms with E-state index in [0.29, 0.717) is 55.7 Å². The quantitative estimate of drug-likeness (QED) is 0.114. The number of allylic oxidation sites excluding steroid dienone is 1. The first-order valence-electron chi connectivity index (χ1n) is 18.6. The van der Waals surface area contributed by atoms with Gasteiger partial charge in [0, 0.05) is 42.3 Å². The molecule has 10 nitrogen and oxygen atoms in total. The van der Waals surface area contributed by atoms with Gasteiger partial charge in [0.2, 0.25) is 11.8 Å². The van der Waals surface area contributed by atoms with Crippen molar-refractivity contribution in [3.05, 3.63) is 134 Å². The molecule has 0 saturated heterocycles. The van der Waals surface area contributed by atoms with Crippen molar-refractivity contribution in [3.8, 4) is 11.4 Å². The fourth-order valence-corrected chi connectivity index (χ4v) is 8.20. The number of carbonyl (C=O) groups is 2. The maximum atomic E-state index is 13.6. The van der Waals surface area contributed by atoms with E-state index in [1.54, 1.807) is 75.6 Å². The van der Waals surface area contributed by atoms with Crippen LogP contribution in [0.5, 0.6) is 0 Å². The van der Waals surface area contributed by atoms with Crippen molar-refractivity contribution in [1.82, 2.24) is 19.1 Å². The van der Waals surface area contributed by atoms with E-state index in [2.05, 4.69) is 56.6 Å². The summed E-state index contributed by atoms with van der Waals surface area (Å²) < 4.78 is 4.82. The van der Waals surface area contributed by atoms with Gasteiger partial charge in [0.1, 0.15) is 11.6 Å². The molecule has 0 aliphatic carbocycles. The van der Waals surface area contributed by atoms with Crippen LogP contribution in [0.2, 0.25) is 10.0 Å². The number of anilines is 2. The van der Waals surface area contributed by atoms with Gasteiger partial charge in [0.05, 0.1) is 51.7 Å². The van der Waals surface area contributed by atoms with E-state index in [1.807, 2.05) is 59.7 Å². The summed E-state index contributed by atoms with van der Waals surface area (Å²) in [4.78, 5) is 62.0. The Hall–Kier alpha value is -4.12. The smallest absolute Gasteiger partial charge is 0.266 e. The SMILES string of the molecule is CC(=O)N(CCC=C(C)C)c1ccc2c(=O)n(-c3ccc(Cl)cc3)c(C(C)C)nc2c1I.CC(=O)Nc1ccc2c(=O)n(-c3ccc(Cl)cc3)c(C(C)C)nc2c1I. The predicted molar refractivity (Wildman–Crippen MR) is 255 cm³/mol. The molecule has 2 amide bonds. The van der Waals surface area contributed by atoms with Gasteiger partial charge in [-0.3, -0.25) is 28.3 Å². The van der Waals surface area contributed by atoms with E-state index in [-0.39, 0.29) is 34.8 Å². The maximum Gasteiger partial charge on any atom is 0.266 e. The summed E-state index contributed by atoms with van der Waals surface area (Å²) >= 11 is 16.3. The van der Waals surface area contributed by atoms with Crippen LogP contribution in [0.15, 0.2) is 94.0 Å². The first-order chi connectivity index (χ1) is 27.4. The highest BCUT2D eigenvalue weighted by atomic mass is 127. The second-order valence-electron chi connectivity index (χ2n) is 14.5. The summed E-state index contributed by atoms with van der Waals surface area (Å²) in [6, 6.07) is 21.3. The van der Waals surface area contributed by atoms with Gasteiger partial charge < -0.3 is 10.2 Å². The molecular weight excluding hydrogens is 1000 g/mol. The highest BCUT2D eigenvalue weighted by molar-refractivity contribution is 14.1. The number of fused-ring (bicyclic) bond motifs is 2.